The monoisotopic (exact) mass is 223 g/mol. The van der Waals surface area contributed by atoms with Crippen LogP contribution in [0.1, 0.15) is 37.2 Å². The fraction of sp³-hybridized carbons (Fsp3) is 0.455. The first-order valence-electron chi connectivity index (χ1n) is 5.31. The Bertz CT molecular complexity index is 379. The van der Waals surface area contributed by atoms with Crippen molar-refractivity contribution in [3.05, 3.63) is 17.8 Å². The van der Waals surface area contributed by atoms with Crippen LogP contribution in [0.25, 0.3) is 0 Å². The number of nitrogens with one attached hydrogen (secondary N) is 1. The zero-order valence-electron chi connectivity index (χ0n) is 9.53. The normalized spacial score (nSPS) is 12.1. The van der Waals surface area contributed by atoms with Gasteiger partial charge in [-0.2, -0.15) is 0 Å². The summed E-state index contributed by atoms with van der Waals surface area (Å²) >= 11 is 0. The quantitative estimate of drug-likeness (QED) is 0.710. The van der Waals surface area contributed by atoms with Gasteiger partial charge in [-0.3, -0.25) is 0 Å². The zero-order valence-corrected chi connectivity index (χ0v) is 9.53. The summed E-state index contributed by atoms with van der Waals surface area (Å²) < 4.78 is 0. The molecule has 0 aliphatic carbocycles. The number of aromatic nitrogens is 1. The molecule has 0 saturated carbocycles. The number of nitrogen functional groups attached to an aromatic ring is 1. The number of hydrogen-bond acceptors (Lipinski definition) is 4. The van der Waals surface area contributed by atoms with E-state index in [1.165, 1.54) is 6.07 Å². The topological polar surface area (TPSA) is 88.2 Å². The van der Waals surface area contributed by atoms with Crippen LogP contribution in [0.5, 0.6) is 0 Å². The van der Waals surface area contributed by atoms with Gasteiger partial charge in [-0.05, 0) is 25.5 Å². The van der Waals surface area contributed by atoms with Crippen molar-refractivity contribution in [2.45, 2.75) is 32.7 Å². The summed E-state index contributed by atoms with van der Waals surface area (Å²) in [5.41, 5.74) is 6.18. The summed E-state index contributed by atoms with van der Waals surface area (Å²) in [6, 6.07) is 3.17. The summed E-state index contributed by atoms with van der Waals surface area (Å²) in [5.74, 6) is -0.605. The van der Waals surface area contributed by atoms with Crippen LogP contribution in [-0.4, -0.2) is 22.1 Å². The summed E-state index contributed by atoms with van der Waals surface area (Å²) in [5, 5.41) is 11.9. The number of rotatable bonds is 5. The molecule has 0 amide bonds. The van der Waals surface area contributed by atoms with Gasteiger partial charge >= 0.3 is 5.97 Å². The molecule has 1 aromatic rings. The number of pyridine rings is 1. The van der Waals surface area contributed by atoms with Crippen molar-refractivity contribution >= 4 is 17.5 Å². The van der Waals surface area contributed by atoms with E-state index in [0.717, 1.165) is 12.8 Å². The van der Waals surface area contributed by atoms with Crippen molar-refractivity contribution in [2.24, 2.45) is 0 Å². The molecule has 16 heavy (non-hydrogen) atoms. The largest absolute Gasteiger partial charge is 0.477 e. The van der Waals surface area contributed by atoms with Crippen LogP contribution < -0.4 is 11.1 Å². The molecule has 5 heteroatoms. The second-order valence-electron chi connectivity index (χ2n) is 3.77. The van der Waals surface area contributed by atoms with Gasteiger partial charge in [0, 0.05) is 6.04 Å². The third-order valence-corrected chi connectivity index (χ3v) is 2.25. The maximum Gasteiger partial charge on any atom is 0.354 e. The van der Waals surface area contributed by atoms with Crippen LogP contribution in [0.3, 0.4) is 0 Å². The summed E-state index contributed by atoms with van der Waals surface area (Å²) in [6.07, 6.45) is 2.03. The molecule has 0 aliphatic rings. The van der Waals surface area contributed by atoms with E-state index in [-0.39, 0.29) is 11.7 Å². The number of aromatic carboxylic acids is 1. The summed E-state index contributed by atoms with van der Waals surface area (Å²) in [7, 11) is 0. The maximum absolute atomic E-state index is 10.7. The highest BCUT2D eigenvalue weighted by Crippen LogP contribution is 2.17. The van der Waals surface area contributed by atoms with Gasteiger partial charge in [0.2, 0.25) is 0 Å². The second-order valence-corrected chi connectivity index (χ2v) is 3.77. The molecule has 4 N–H and O–H groups in total. The smallest absolute Gasteiger partial charge is 0.354 e. The molecule has 1 unspecified atom stereocenters. The Morgan fingerprint density at radius 2 is 2.31 bits per heavy atom. The zero-order chi connectivity index (χ0) is 12.1. The molecule has 1 aromatic heterocycles. The van der Waals surface area contributed by atoms with Crippen molar-refractivity contribution in [2.75, 3.05) is 11.1 Å². The van der Waals surface area contributed by atoms with Crippen molar-refractivity contribution in [3.63, 3.8) is 0 Å². The van der Waals surface area contributed by atoms with Crippen LogP contribution in [0.4, 0.5) is 11.5 Å². The van der Waals surface area contributed by atoms with E-state index in [1.807, 2.05) is 6.92 Å². The van der Waals surface area contributed by atoms with E-state index < -0.39 is 5.97 Å². The van der Waals surface area contributed by atoms with E-state index in [9.17, 15) is 4.79 Å². The van der Waals surface area contributed by atoms with E-state index in [1.54, 1.807) is 6.07 Å². The molecule has 0 saturated heterocycles. The fourth-order valence-electron chi connectivity index (χ4n) is 1.44. The predicted molar refractivity (Wildman–Crippen MR) is 63.6 cm³/mol. The van der Waals surface area contributed by atoms with Crippen molar-refractivity contribution < 1.29 is 9.90 Å². The van der Waals surface area contributed by atoms with Gasteiger partial charge in [0.05, 0.1) is 5.69 Å². The SMILES string of the molecule is CCCC(C)Nc1nc(C(=O)O)ccc1N. The van der Waals surface area contributed by atoms with Crippen LogP contribution in [0.2, 0.25) is 0 Å². The minimum atomic E-state index is -1.05. The Morgan fingerprint density at radius 3 is 2.88 bits per heavy atom. The first kappa shape index (κ1) is 12.3. The lowest BCUT2D eigenvalue weighted by Crippen LogP contribution is -2.17. The highest BCUT2D eigenvalue weighted by Gasteiger charge is 2.10. The van der Waals surface area contributed by atoms with Gasteiger partial charge in [-0.15, -0.1) is 0 Å². The van der Waals surface area contributed by atoms with Gasteiger partial charge in [0.15, 0.2) is 5.69 Å². The number of nitrogens with zero attached hydrogens (tertiary/aromatic N) is 1. The standard InChI is InChI=1S/C11H17N3O2/c1-3-4-7(2)13-10-8(12)5-6-9(14-10)11(15)16/h5-7H,3-4,12H2,1-2H3,(H,13,14)(H,15,16). The molecular formula is C11H17N3O2. The van der Waals surface area contributed by atoms with Gasteiger partial charge in [-0.25, -0.2) is 9.78 Å². The number of anilines is 2. The molecule has 0 fully saturated rings. The third kappa shape index (κ3) is 3.12. The number of carboxylic acids is 1. The van der Waals surface area contributed by atoms with Gasteiger partial charge in [0.1, 0.15) is 5.82 Å². The lowest BCUT2D eigenvalue weighted by atomic mass is 10.2. The Morgan fingerprint density at radius 1 is 1.62 bits per heavy atom. The average Bonchev–Trinajstić information content (AvgIpc) is 2.21. The highest BCUT2D eigenvalue weighted by molar-refractivity contribution is 5.86. The van der Waals surface area contributed by atoms with E-state index in [0.29, 0.717) is 11.5 Å². The van der Waals surface area contributed by atoms with Gasteiger partial charge in [0.25, 0.3) is 0 Å². The van der Waals surface area contributed by atoms with Gasteiger partial charge < -0.3 is 16.2 Å². The molecule has 88 valence electrons. The Labute approximate surface area is 94.7 Å². The average molecular weight is 223 g/mol. The van der Waals surface area contributed by atoms with Crippen LogP contribution in [-0.2, 0) is 0 Å². The molecule has 0 bridgehead atoms. The molecular weight excluding hydrogens is 206 g/mol. The first-order chi connectivity index (χ1) is 7.54. The Kier molecular flexibility index (Phi) is 4.10. The lowest BCUT2D eigenvalue weighted by molar-refractivity contribution is 0.0690. The number of hydrogen-bond donors (Lipinski definition) is 3. The molecule has 5 nitrogen and oxygen atoms in total. The number of carboxylic acid groups (broad SMARTS) is 1. The van der Waals surface area contributed by atoms with E-state index >= 15 is 0 Å². The predicted octanol–water partition coefficient (Wildman–Crippen LogP) is 1.96. The van der Waals surface area contributed by atoms with Crippen LogP contribution >= 0.6 is 0 Å². The molecule has 0 radical (unpaired) electrons. The Balaban J connectivity index is 2.85. The Hall–Kier alpha value is -1.78. The van der Waals surface area contributed by atoms with Gasteiger partial charge in [-0.1, -0.05) is 13.3 Å². The van der Waals surface area contributed by atoms with Crippen molar-refractivity contribution in [3.8, 4) is 0 Å². The highest BCUT2D eigenvalue weighted by atomic mass is 16.4. The molecule has 0 aromatic carbocycles. The van der Waals surface area contributed by atoms with Crippen molar-refractivity contribution in [1.82, 2.24) is 4.98 Å². The van der Waals surface area contributed by atoms with E-state index in [4.69, 9.17) is 10.8 Å². The fourth-order valence-corrected chi connectivity index (χ4v) is 1.44. The second kappa shape index (κ2) is 5.34. The summed E-state index contributed by atoms with van der Waals surface area (Å²) in [4.78, 5) is 14.7. The van der Waals surface area contributed by atoms with E-state index in [2.05, 4.69) is 17.2 Å². The molecule has 1 rings (SSSR count). The molecule has 0 spiro atoms. The number of nitrogens with two attached hydrogens (primary N) is 1. The molecule has 0 aliphatic heterocycles. The van der Waals surface area contributed by atoms with Crippen LogP contribution in [0, 0.1) is 0 Å². The van der Waals surface area contributed by atoms with Crippen molar-refractivity contribution in [1.29, 1.82) is 0 Å². The molecule has 1 heterocycles. The third-order valence-electron chi connectivity index (χ3n) is 2.25. The number of carbonyl (C=O) groups is 1. The lowest BCUT2D eigenvalue weighted by Gasteiger charge is -2.15. The minimum Gasteiger partial charge on any atom is -0.477 e. The first-order valence-corrected chi connectivity index (χ1v) is 5.31. The maximum atomic E-state index is 10.7. The minimum absolute atomic E-state index is 0.000369. The van der Waals surface area contributed by atoms with Crippen LogP contribution in [0.15, 0.2) is 12.1 Å². The molecule has 1 atom stereocenters. The summed E-state index contributed by atoms with van der Waals surface area (Å²) in [6.45, 7) is 4.10.